The van der Waals surface area contributed by atoms with E-state index >= 15 is 0 Å². The van der Waals surface area contributed by atoms with Crippen molar-refractivity contribution in [1.29, 1.82) is 0 Å². The van der Waals surface area contributed by atoms with Gasteiger partial charge in [0.1, 0.15) is 6.04 Å². The van der Waals surface area contributed by atoms with Crippen LogP contribution in [0, 0.1) is 0 Å². The van der Waals surface area contributed by atoms with Crippen LogP contribution in [-0.4, -0.2) is 44.2 Å². The van der Waals surface area contributed by atoms with Crippen molar-refractivity contribution in [2.24, 2.45) is 0 Å². The summed E-state index contributed by atoms with van der Waals surface area (Å²) in [6.45, 7) is 3.45. The molecule has 1 N–H and O–H groups in total. The highest BCUT2D eigenvalue weighted by Gasteiger charge is 2.29. The highest BCUT2D eigenvalue weighted by atomic mass is 35.5. The van der Waals surface area contributed by atoms with E-state index in [1.54, 1.807) is 12.1 Å². The summed E-state index contributed by atoms with van der Waals surface area (Å²) in [5.41, 5.74) is 0.813. The summed E-state index contributed by atoms with van der Waals surface area (Å²) in [6.07, 6.45) is 0.995. The fraction of sp³-hybridized carbons (Fsp3) is 0.500. The average Bonchev–Trinajstić information content (AvgIpc) is 2.72. The number of carbonyl (C=O) groups is 1. The fourth-order valence-corrected chi connectivity index (χ4v) is 2.72. The Labute approximate surface area is 129 Å². The summed E-state index contributed by atoms with van der Waals surface area (Å²) >= 11 is 12.0. The highest BCUT2D eigenvalue weighted by Crippen LogP contribution is 2.29. The van der Waals surface area contributed by atoms with Crippen LogP contribution in [0.2, 0.25) is 10.0 Å². The van der Waals surface area contributed by atoms with E-state index < -0.39 is 6.04 Å². The summed E-state index contributed by atoms with van der Waals surface area (Å²) < 4.78 is 4.95. The molecule has 0 spiro atoms. The van der Waals surface area contributed by atoms with Gasteiger partial charge in [-0.3, -0.25) is 4.90 Å². The molecule has 0 aliphatic carbocycles. The van der Waals surface area contributed by atoms with Crippen LogP contribution in [0.5, 0.6) is 0 Å². The number of nitrogens with zero attached hydrogens (tertiary/aromatic N) is 1. The standard InChI is InChI=1S/C14H18Cl2N2O2/c1-20-14(19)13(18-7-2-5-17-6-8-18)10-3-4-11(15)12(16)9-10/h3-4,9,13,17H,2,5-8H2,1H3. The van der Waals surface area contributed by atoms with E-state index in [4.69, 9.17) is 27.9 Å². The van der Waals surface area contributed by atoms with Crippen molar-refractivity contribution < 1.29 is 9.53 Å². The number of ether oxygens (including phenoxy) is 1. The number of carbonyl (C=O) groups excluding carboxylic acids is 1. The zero-order valence-electron chi connectivity index (χ0n) is 11.4. The van der Waals surface area contributed by atoms with Crippen LogP contribution in [0.3, 0.4) is 0 Å². The van der Waals surface area contributed by atoms with Gasteiger partial charge in [0, 0.05) is 19.6 Å². The van der Waals surface area contributed by atoms with E-state index in [1.165, 1.54) is 7.11 Å². The third kappa shape index (κ3) is 3.64. The second-order valence-electron chi connectivity index (χ2n) is 4.74. The maximum Gasteiger partial charge on any atom is 0.327 e. The maximum atomic E-state index is 12.2. The number of esters is 1. The molecule has 1 saturated heterocycles. The molecule has 0 amide bonds. The number of methoxy groups -OCH3 is 1. The Balaban J connectivity index is 2.30. The predicted molar refractivity (Wildman–Crippen MR) is 80.3 cm³/mol. The normalized spacial score (nSPS) is 18.4. The lowest BCUT2D eigenvalue weighted by molar-refractivity contribution is -0.147. The van der Waals surface area contributed by atoms with Crippen LogP contribution >= 0.6 is 23.2 Å². The molecule has 1 heterocycles. The van der Waals surface area contributed by atoms with Crippen LogP contribution in [-0.2, 0) is 9.53 Å². The third-order valence-electron chi connectivity index (χ3n) is 3.42. The molecule has 4 nitrogen and oxygen atoms in total. The van der Waals surface area contributed by atoms with E-state index in [9.17, 15) is 4.79 Å². The van der Waals surface area contributed by atoms with Gasteiger partial charge in [0.05, 0.1) is 17.2 Å². The SMILES string of the molecule is COC(=O)C(c1ccc(Cl)c(Cl)c1)N1CCCNCC1. The van der Waals surface area contributed by atoms with Gasteiger partial charge in [-0.2, -0.15) is 0 Å². The summed E-state index contributed by atoms with van der Waals surface area (Å²) in [7, 11) is 1.41. The minimum atomic E-state index is -0.435. The van der Waals surface area contributed by atoms with Gasteiger partial charge in [0.25, 0.3) is 0 Å². The molecule has 0 aromatic heterocycles. The van der Waals surface area contributed by atoms with Crippen molar-refractivity contribution in [2.45, 2.75) is 12.5 Å². The first-order valence-corrected chi connectivity index (χ1v) is 7.36. The van der Waals surface area contributed by atoms with E-state index in [0.717, 1.165) is 38.2 Å². The molecule has 1 aromatic carbocycles. The van der Waals surface area contributed by atoms with Crippen LogP contribution in [0.15, 0.2) is 18.2 Å². The molecule has 0 saturated carbocycles. The first-order chi connectivity index (χ1) is 9.63. The van der Waals surface area contributed by atoms with Crippen molar-refractivity contribution in [3.05, 3.63) is 33.8 Å². The molecule has 6 heteroatoms. The van der Waals surface area contributed by atoms with Crippen molar-refractivity contribution in [1.82, 2.24) is 10.2 Å². The van der Waals surface area contributed by atoms with E-state index in [-0.39, 0.29) is 5.97 Å². The quantitative estimate of drug-likeness (QED) is 0.870. The topological polar surface area (TPSA) is 41.6 Å². The molecule has 1 unspecified atom stereocenters. The van der Waals surface area contributed by atoms with Crippen LogP contribution in [0.1, 0.15) is 18.0 Å². The molecule has 1 aromatic rings. The van der Waals surface area contributed by atoms with Gasteiger partial charge >= 0.3 is 5.97 Å². The van der Waals surface area contributed by atoms with Crippen molar-refractivity contribution in [2.75, 3.05) is 33.3 Å². The zero-order valence-corrected chi connectivity index (χ0v) is 12.9. The summed E-state index contributed by atoms with van der Waals surface area (Å²) in [4.78, 5) is 14.3. The Hall–Kier alpha value is -0.810. The van der Waals surface area contributed by atoms with Crippen molar-refractivity contribution >= 4 is 29.2 Å². The molecule has 0 bridgehead atoms. The van der Waals surface area contributed by atoms with E-state index in [2.05, 4.69) is 10.2 Å². The summed E-state index contributed by atoms with van der Waals surface area (Å²) in [5, 5.41) is 4.25. The first kappa shape index (κ1) is 15.6. The lowest BCUT2D eigenvalue weighted by Gasteiger charge is -2.28. The van der Waals surface area contributed by atoms with Gasteiger partial charge < -0.3 is 10.1 Å². The molecule has 0 radical (unpaired) electrons. The number of rotatable bonds is 3. The third-order valence-corrected chi connectivity index (χ3v) is 4.16. The summed E-state index contributed by atoms with van der Waals surface area (Å²) in [5.74, 6) is -0.273. The lowest BCUT2D eigenvalue weighted by Crippen LogP contribution is -2.37. The molecular weight excluding hydrogens is 299 g/mol. The second kappa shape index (κ2) is 7.27. The molecule has 1 aliphatic rings. The monoisotopic (exact) mass is 316 g/mol. The molecule has 1 atom stereocenters. The average molecular weight is 317 g/mol. The Bertz CT molecular complexity index is 474. The minimum absolute atomic E-state index is 0.273. The van der Waals surface area contributed by atoms with Gasteiger partial charge in [-0.15, -0.1) is 0 Å². The van der Waals surface area contributed by atoms with E-state index in [0.29, 0.717) is 10.0 Å². The zero-order chi connectivity index (χ0) is 14.5. The number of halogens is 2. The van der Waals surface area contributed by atoms with Crippen LogP contribution in [0.4, 0.5) is 0 Å². The van der Waals surface area contributed by atoms with Gasteiger partial charge in [-0.05, 0) is 30.7 Å². The Kier molecular flexibility index (Phi) is 5.66. The Morgan fingerprint density at radius 1 is 1.30 bits per heavy atom. The van der Waals surface area contributed by atoms with E-state index in [1.807, 2.05) is 6.07 Å². The Morgan fingerprint density at radius 3 is 2.80 bits per heavy atom. The lowest BCUT2D eigenvalue weighted by atomic mass is 10.0. The fourth-order valence-electron chi connectivity index (χ4n) is 2.41. The molecule has 1 fully saturated rings. The first-order valence-electron chi connectivity index (χ1n) is 6.61. The van der Waals surface area contributed by atoms with Crippen molar-refractivity contribution in [3.63, 3.8) is 0 Å². The van der Waals surface area contributed by atoms with Gasteiger partial charge in [0.15, 0.2) is 0 Å². The van der Waals surface area contributed by atoms with Crippen molar-refractivity contribution in [3.8, 4) is 0 Å². The van der Waals surface area contributed by atoms with Crippen LogP contribution < -0.4 is 5.32 Å². The van der Waals surface area contributed by atoms with Gasteiger partial charge in [-0.1, -0.05) is 29.3 Å². The van der Waals surface area contributed by atoms with Gasteiger partial charge in [-0.25, -0.2) is 4.79 Å². The second-order valence-corrected chi connectivity index (χ2v) is 5.55. The number of nitrogens with one attached hydrogen (secondary N) is 1. The molecule has 110 valence electrons. The summed E-state index contributed by atoms with van der Waals surface area (Å²) in [6, 6.07) is 4.85. The predicted octanol–water partition coefficient (Wildman–Crippen LogP) is 2.50. The highest BCUT2D eigenvalue weighted by molar-refractivity contribution is 6.42. The van der Waals surface area contributed by atoms with Crippen LogP contribution in [0.25, 0.3) is 0 Å². The Morgan fingerprint density at radius 2 is 2.10 bits per heavy atom. The smallest absolute Gasteiger partial charge is 0.327 e. The van der Waals surface area contributed by atoms with Gasteiger partial charge in [0.2, 0.25) is 0 Å². The number of hydrogen-bond donors (Lipinski definition) is 1. The number of hydrogen-bond acceptors (Lipinski definition) is 4. The minimum Gasteiger partial charge on any atom is -0.468 e. The molecule has 1 aliphatic heterocycles. The maximum absolute atomic E-state index is 12.2. The largest absolute Gasteiger partial charge is 0.468 e. The molecule has 2 rings (SSSR count). The molecular formula is C14H18Cl2N2O2. The molecule has 20 heavy (non-hydrogen) atoms. The number of benzene rings is 1.